The van der Waals surface area contributed by atoms with Gasteiger partial charge in [-0.2, -0.15) is 0 Å². The van der Waals surface area contributed by atoms with Crippen LogP contribution in [0.5, 0.6) is 0 Å². The molecule has 0 spiro atoms. The van der Waals surface area contributed by atoms with Gasteiger partial charge in [0.25, 0.3) is 0 Å². The third-order valence-corrected chi connectivity index (χ3v) is 4.73. The van der Waals surface area contributed by atoms with Gasteiger partial charge in [-0.15, -0.1) is 0 Å². The molecule has 1 aromatic heterocycles. The molecule has 3 N–H and O–H groups in total. The van der Waals surface area contributed by atoms with Gasteiger partial charge in [0, 0.05) is 18.8 Å². The highest BCUT2D eigenvalue weighted by molar-refractivity contribution is 7.89. The summed E-state index contributed by atoms with van der Waals surface area (Å²) in [7, 11) is -1.57. The molecule has 0 aliphatic carbocycles. The van der Waals surface area contributed by atoms with Gasteiger partial charge in [-0.05, 0) is 32.1 Å². The fourth-order valence-corrected chi connectivity index (χ4v) is 3.33. The van der Waals surface area contributed by atoms with Crippen molar-refractivity contribution in [3.63, 3.8) is 0 Å². The van der Waals surface area contributed by atoms with E-state index in [0.29, 0.717) is 5.69 Å². The second-order valence-electron chi connectivity index (χ2n) is 4.61. The molecular weight excluding hydrogens is 284 g/mol. The van der Waals surface area contributed by atoms with Crippen LogP contribution >= 0.6 is 12.2 Å². The van der Waals surface area contributed by atoms with Crippen molar-refractivity contribution in [1.82, 2.24) is 14.6 Å². The fourth-order valence-electron chi connectivity index (χ4n) is 2.00. The first-order chi connectivity index (χ1) is 8.88. The Kier molecular flexibility index (Phi) is 4.14. The van der Waals surface area contributed by atoms with Crippen LogP contribution in [0.4, 0.5) is 0 Å². The van der Waals surface area contributed by atoms with Gasteiger partial charge in [-0.3, -0.25) is 4.98 Å². The smallest absolute Gasteiger partial charge is 0.242 e. The Morgan fingerprint density at radius 1 is 1.58 bits per heavy atom. The maximum absolute atomic E-state index is 12.1. The lowest BCUT2D eigenvalue weighted by molar-refractivity contribution is 0.407. The Morgan fingerprint density at radius 2 is 2.32 bits per heavy atom. The summed E-state index contributed by atoms with van der Waals surface area (Å²) in [5, 5.41) is 0. The second-order valence-corrected chi connectivity index (χ2v) is 6.77. The standard InChI is InChI=1S/C11H16N4O2S2/c1-15-5-4-8(7-15)14-19(16,17)9-2-3-10(11(12)18)13-6-9/h2-3,6,8,14H,4-5,7H2,1H3,(H2,12,18). The van der Waals surface area contributed by atoms with Crippen LogP contribution in [-0.2, 0) is 10.0 Å². The normalized spacial score (nSPS) is 20.6. The number of rotatable bonds is 4. The Bertz CT molecular complexity index is 571. The number of nitrogens with zero attached hydrogens (tertiary/aromatic N) is 2. The van der Waals surface area contributed by atoms with Crippen LogP contribution in [0.25, 0.3) is 0 Å². The molecule has 1 unspecified atom stereocenters. The third-order valence-electron chi connectivity index (χ3n) is 3.01. The molecule has 2 heterocycles. The van der Waals surface area contributed by atoms with Crippen molar-refractivity contribution in [2.75, 3.05) is 20.1 Å². The van der Waals surface area contributed by atoms with E-state index in [-0.39, 0.29) is 15.9 Å². The number of nitrogens with one attached hydrogen (secondary N) is 1. The van der Waals surface area contributed by atoms with E-state index in [1.165, 1.54) is 18.3 Å². The molecule has 0 amide bonds. The van der Waals surface area contributed by atoms with Crippen molar-refractivity contribution in [2.45, 2.75) is 17.4 Å². The van der Waals surface area contributed by atoms with Crippen LogP contribution < -0.4 is 10.5 Å². The molecule has 8 heteroatoms. The van der Waals surface area contributed by atoms with Crippen LogP contribution in [0.2, 0.25) is 0 Å². The highest BCUT2D eigenvalue weighted by Gasteiger charge is 2.25. The lowest BCUT2D eigenvalue weighted by Crippen LogP contribution is -2.36. The maximum atomic E-state index is 12.1. The van der Waals surface area contributed by atoms with Crippen molar-refractivity contribution in [1.29, 1.82) is 0 Å². The van der Waals surface area contributed by atoms with E-state index in [1.807, 2.05) is 7.05 Å². The van der Waals surface area contributed by atoms with E-state index >= 15 is 0 Å². The van der Waals surface area contributed by atoms with Gasteiger partial charge in [0.2, 0.25) is 10.0 Å². The zero-order chi connectivity index (χ0) is 14.0. The third kappa shape index (κ3) is 3.47. The second kappa shape index (κ2) is 5.49. The maximum Gasteiger partial charge on any atom is 0.242 e. The summed E-state index contributed by atoms with van der Waals surface area (Å²) >= 11 is 4.77. The molecule has 0 aromatic carbocycles. The molecule has 19 heavy (non-hydrogen) atoms. The summed E-state index contributed by atoms with van der Waals surface area (Å²) < 4.78 is 27.0. The van der Waals surface area contributed by atoms with E-state index in [9.17, 15) is 8.42 Å². The minimum Gasteiger partial charge on any atom is -0.388 e. The highest BCUT2D eigenvalue weighted by Crippen LogP contribution is 2.13. The first-order valence-electron chi connectivity index (χ1n) is 5.85. The monoisotopic (exact) mass is 300 g/mol. The minimum absolute atomic E-state index is 0.0507. The van der Waals surface area contributed by atoms with E-state index in [2.05, 4.69) is 14.6 Å². The average molecular weight is 300 g/mol. The highest BCUT2D eigenvalue weighted by atomic mass is 32.2. The average Bonchev–Trinajstić information content (AvgIpc) is 2.74. The van der Waals surface area contributed by atoms with Crippen LogP contribution in [0.3, 0.4) is 0 Å². The lowest BCUT2D eigenvalue weighted by Gasteiger charge is -2.13. The molecule has 1 aromatic rings. The molecule has 1 aliphatic rings. The Labute approximate surface area is 118 Å². The largest absolute Gasteiger partial charge is 0.388 e. The number of likely N-dealkylation sites (N-methyl/N-ethyl adjacent to an activating group) is 1. The van der Waals surface area contributed by atoms with Crippen LogP contribution in [0.1, 0.15) is 12.1 Å². The zero-order valence-corrected chi connectivity index (χ0v) is 12.2. The molecule has 1 aliphatic heterocycles. The summed E-state index contributed by atoms with van der Waals surface area (Å²) in [5.41, 5.74) is 5.83. The summed E-state index contributed by atoms with van der Waals surface area (Å²) in [6, 6.07) is 2.92. The van der Waals surface area contributed by atoms with Crippen molar-refractivity contribution in [3.05, 3.63) is 24.0 Å². The number of pyridine rings is 1. The van der Waals surface area contributed by atoms with Crippen molar-refractivity contribution in [2.24, 2.45) is 5.73 Å². The molecule has 1 fully saturated rings. The number of sulfonamides is 1. The number of hydrogen-bond donors (Lipinski definition) is 2. The fraction of sp³-hybridized carbons (Fsp3) is 0.455. The molecular formula is C11H16N4O2S2. The number of aromatic nitrogens is 1. The lowest BCUT2D eigenvalue weighted by atomic mass is 10.3. The van der Waals surface area contributed by atoms with E-state index in [4.69, 9.17) is 18.0 Å². The van der Waals surface area contributed by atoms with Gasteiger partial charge in [0.05, 0.1) is 5.69 Å². The molecule has 104 valence electrons. The summed E-state index contributed by atoms with van der Waals surface area (Å²) in [6.07, 6.45) is 2.09. The topological polar surface area (TPSA) is 88.3 Å². The van der Waals surface area contributed by atoms with Crippen molar-refractivity contribution >= 4 is 27.2 Å². The van der Waals surface area contributed by atoms with Gasteiger partial charge < -0.3 is 10.6 Å². The van der Waals surface area contributed by atoms with Crippen LogP contribution in [0.15, 0.2) is 23.2 Å². The van der Waals surface area contributed by atoms with Gasteiger partial charge in [-0.25, -0.2) is 13.1 Å². The number of thiocarbonyl (C=S) groups is 1. The summed E-state index contributed by atoms with van der Waals surface area (Å²) in [4.78, 5) is 6.30. The number of nitrogens with two attached hydrogens (primary N) is 1. The van der Waals surface area contributed by atoms with E-state index < -0.39 is 10.0 Å². The summed E-state index contributed by atoms with van der Waals surface area (Å²) in [5.74, 6) is 0. The van der Waals surface area contributed by atoms with Gasteiger partial charge >= 0.3 is 0 Å². The number of likely N-dealkylation sites (tertiary alicyclic amines) is 1. The number of hydrogen-bond acceptors (Lipinski definition) is 5. The van der Waals surface area contributed by atoms with Crippen molar-refractivity contribution < 1.29 is 8.42 Å². The molecule has 0 radical (unpaired) electrons. The van der Waals surface area contributed by atoms with Crippen LogP contribution in [0, 0.1) is 0 Å². The van der Waals surface area contributed by atoms with E-state index in [1.54, 1.807) is 0 Å². The minimum atomic E-state index is -3.53. The predicted molar refractivity (Wildman–Crippen MR) is 76.3 cm³/mol. The first-order valence-corrected chi connectivity index (χ1v) is 7.74. The molecule has 0 bridgehead atoms. The molecule has 0 saturated carbocycles. The van der Waals surface area contributed by atoms with Gasteiger partial charge in [-0.1, -0.05) is 12.2 Å². The van der Waals surface area contributed by atoms with Crippen molar-refractivity contribution in [3.8, 4) is 0 Å². The zero-order valence-electron chi connectivity index (χ0n) is 10.5. The van der Waals surface area contributed by atoms with E-state index in [0.717, 1.165) is 19.5 Å². The Hall–Kier alpha value is -1.09. The Morgan fingerprint density at radius 3 is 2.79 bits per heavy atom. The SMILES string of the molecule is CN1CCC(NS(=O)(=O)c2ccc(C(N)=S)nc2)C1. The molecule has 1 saturated heterocycles. The van der Waals surface area contributed by atoms with Crippen LogP contribution in [-0.4, -0.2) is 49.5 Å². The van der Waals surface area contributed by atoms with Gasteiger partial charge in [0.15, 0.2) is 0 Å². The quantitative estimate of drug-likeness (QED) is 0.742. The molecule has 1 atom stereocenters. The first kappa shape index (κ1) is 14.3. The molecule has 6 nitrogen and oxygen atoms in total. The predicted octanol–water partition coefficient (Wildman–Crippen LogP) is -0.302. The summed E-state index contributed by atoms with van der Waals surface area (Å²) in [6.45, 7) is 1.61. The van der Waals surface area contributed by atoms with Gasteiger partial charge in [0.1, 0.15) is 9.88 Å². The Balaban J connectivity index is 2.13. The molecule has 2 rings (SSSR count).